The van der Waals surface area contributed by atoms with Gasteiger partial charge in [-0.1, -0.05) is 12.1 Å². The van der Waals surface area contributed by atoms with Crippen LogP contribution in [0.5, 0.6) is 0 Å². The number of anilines is 1. The van der Waals surface area contributed by atoms with E-state index in [1.54, 1.807) is 23.0 Å². The third-order valence-electron chi connectivity index (χ3n) is 3.80. The van der Waals surface area contributed by atoms with Crippen molar-refractivity contribution < 1.29 is 4.79 Å². The van der Waals surface area contributed by atoms with E-state index >= 15 is 0 Å². The van der Waals surface area contributed by atoms with Crippen molar-refractivity contribution in [1.29, 1.82) is 0 Å². The average molecular weight is 325 g/mol. The Bertz CT molecular complexity index is 955. The summed E-state index contributed by atoms with van der Waals surface area (Å²) >= 11 is 0. The van der Waals surface area contributed by atoms with Crippen LogP contribution in [0.3, 0.4) is 0 Å². The van der Waals surface area contributed by atoms with Gasteiger partial charge in [-0.05, 0) is 32.4 Å². The first-order valence-electron chi connectivity index (χ1n) is 7.75. The number of aromatic nitrogens is 4. The van der Waals surface area contributed by atoms with Crippen molar-refractivity contribution in [2.45, 2.75) is 33.4 Å². The van der Waals surface area contributed by atoms with Crippen LogP contribution in [0.15, 0.2) is 41.6 Å². The lowest BCUT2D eigenvalue weighted by Gasteiger charge is -2.12. The topological polar surface area (TPSA) is 81.8 Å². The minimum atomic E-state index is -0.298. The van der Waals surface area contributed by atoms with Crippen LogP contribution in [0.4, 0.5) is 5.82 Å². The van der Waals surface area contributed by atoms with Crippen molar-refractivity contribution in [1.82, 2.24) is 19.3 Å². The van der Waals surface area contributed by atoms with Gasteiger partial charge in [-0.25, -0.2) is 9.67 Å². The van der Waals surface area contributed by atoms with Crippen molar-refractivity contribution in [2.24, 2.45) is 0 Å². The number of nitrogens with zero attached hydrogens (tertiary/aromatic N) is 4. The van der Waals surface area contributed by atoms with E-state index in [0.29, 0.717) is 16.7 Å². The molecular formula is C17H19N5O2. The Kier molecular flexibility index (Phi) is 4.16. The van der Waals surface area contributed by atoms with Crippen LogP contribution in [0, 0.1) is 6.92 Å². The second kappa shape index (κ2) is 6.27. The molecule has 7 heteroatoms. The highest BCUT2D eigenvalue weighted by Gasteiger charge is 2.12. The van der Waals surface area contributed by atoms with Gasteiger partial charge in [0.05, 0.1) is 23.4 Å². The molecule has 7 nitrogen and oxygen atoms in total. The monoisotopic (exact) mass is 325 g/mol. The van der Waals surface area contributed by atoms with Gasteiger partial charge in [0.2, 0.25) is 5.91 Å². The van der Waals surface area contributed by atoms with E-state index in [2.05, 4.69) is 15.4 Å². The SMILES string of the molecule is Cc1cccc2c(=O)n(CC(=O)Nc3ccnn3C(C)C)cnc12. The molecule has 1 N–H and O–H groups in total. The largest absolute Gasteiger partial charge is 0.309 e. The number of hydrogen-bond acceptors (Lipinski definition) is 4. The Hall–Kier alpha value is -2.96. The van der Waals surface area contributed by atoms with Gasteiger partial charge in [0.25, 0.3) is 5.56 Å². The maximum absolute atomic E-state index is 12.5. The molecule has 0 fully saturated rings. The third-order valence-corrected chi connectivity index (χ3v) is 3.80. The predicted octanol–water partition coefficient (Wildman–Crippen LogP) is 2.12. The molecule has 0 aliphatic rings. The van der Waals surface area contributed by atoms with Gasteiger partial charge in [0, 0.05) is 12.1 Å². The first kappa shape index (κ1) is 15.9. The molecule has 1 amide bonds. The van der Waals surface area contributed by atoms with Crippen LogP contribution in [0.25, 0.3) is 10.9 Å². The van der Waals surface area contributed by atoms with Gasteiger partial charge in [-0.15, -0.1) is 0 Å². The number of amides is 1. The van der Waals surface area contributed by atoms with E-state index in [-0.39, 0.29) is 24.1 Å². The Balaban J connectivity index is 1.85. The summed E-state index contributed by atoms with van der Waals surface area (Å²) in [6.45, 7) is 5.75. The molecule has 24 heavy (non-hydrogen) atoms. The van der Waals surface area contributed by atoms with Gasteiger partial charge in [0.1, 0.15) is 12.4 Å². The Morgan fingerprint density at radius 3 is 2.83 bits per heavy atom. The molecule has 1 aromatic carbocycles. The molecule has 0 spiro atoms. The van der Waals surface area contributed by atoms with E-state index in [9.17, 15) is 9.59 Å². The lowest BCUT2D eigenvalue weighted by atomic mass is 10.1. The van der Waals surface area contributed by atoms with Crippen LogP contribution in [0.1, 0.15) is 25.5 Å². The number of carbonyl (C=O) groups is 1. The summed E-state index contributed by atoms with van der Waals surface area (Å²) in [7, 11) is 0. The van der Waals surface area contributed by atoms with E-state index < -0.39 is 0 Å². The highest BCUT2D eigenvalue weighted by atomic mass is 16.2. The second-order valence-corrected chi connectivity index (χ2v) is 5.95. The Labute approximate surface area is 138 Å². The third kappa shape index (κ3) is 2.92. The normalized spacial score (nSPS) is 11.2. The van der Waals surface area contributed by atoms with E-state index in [0.717, 1.165) is 5.56 Å². The number of aryl methyl sites for hydroxylation is 1. The molecule has 0 aliphatic carbocycles. The van der Waals surface area contributed by atoms with Crippen LogP contribution in [-0.2, 0) is 11.3 Å². The van der Waals surface area contributed by atoms with Gasteiger partial charge in [0.15, 0.2) is 0 Å². The minimum absolute atomic E-state index is 0.0982. The lowest BCUT2D eigenvalue weighted by Crippen LogP contribution is -2.28. The number of nitrogens with one attached hydrogen (secondary N) is 1. The quantitative estimate of drug-likeness (QED) is 0.796. The standard InChI is InChI=1S/C17H19N5O2/c1-11(2)22-14(7-8-19-22)20-15(23)9-21-10-18-16-12(3)5-4-6-13(16)17(21)24/h4-8,10-11H,9H2,1-3H3,(H,20,23). The Morgan fingerprint density at radius 2 is 2.08 bits per heavy atom. The van der Waals surface area contributed by atoms with Gasteiger partial charge in [-0.3, -0.25) is 14.2 Å². The highest BCUT2D eigenvalue weighted by molar-refractivity contribution is 5.90. The number of benzene rings is 1. The van der Waals surface area contributed by atoms with E-state index in [4.69, 9.17) is 0 Å². The highest BCUT2D eigenvalue weighted by Crippen LogP contribution is 2.13. The number of carbonyl (C=O) groups excluding carboxylic acids is 1. The zero-order valence-corrected chi connectivity index (χ0v) is 13.9. The second-order valence-electron chi connectivity index (χ2n) is 5.95. The lowest BCUT2D eigenvalue weighted by molar-refractivity contribution is -0.116. The van der Waals surface area contributed by atoms with Crippen LogP contribution < -0.4 is 10.9 Å². The fourth-order valence-electron chi connectivity index (χ4n) is 2.61. The minimum Gasteiger partial charge on any atom is -0.309 e. The fraction of sp³-hybridized carbons (Fsp3) is 0.294. The van der Waals surface area contributed by atoms with Crippen molar-refractivity contribution in [3.05, 3.63) is 52.7 Å². The molecule has 2 heterocycles. The molecule has 0 saturated carbocycles. The first-order valence-corrected chi connectivity index (χ1v) is 7.75. The molecular weight excluding hydrogens is 306 g/mol. The summed E-state index contributed by atoms with van der Waals surface area (Å²) in [5.41, 5.74) is 1.37. The summed E-state index contributed by atoms with van der Waals surface area (Å²) in [5.74, 6) is 0.306. The summed E-state index contributed by atoms with van der Waals surface area (Å²) in [4.78, 5) is 29.1. The summed E-state index contributed by atoms with van der Waals surface area (Å²) < 4.78 is 3.02. The van der Waals surface area contributed by atoms with Crippen LogP contribution >= 0.6 is 0 Å². The molecule has 0 unspecified atom stereocenters. The summed E-state index contributed by atoms with van der Waals surface area (Å²) in [5, 5.41) is 7.46. The number of para-hydroxylation sites is 1. The molecule has 3 rings (SSSR count). The zero-order chi connectivity index (χ0) is 17.3. The molecule has 0 bridgehead atoms. The van der Waals surface area contributed by atoms with Gasteiger partial charge < -0.3 is 5.32 Å². The molecule has 0 atom stereocenters. The predicted molar refractivity (Wildman–Crippen MR) is 92.0 cm³/mol. The number of hydrogen-bond donors (Lipinski definition) is 1. The van der Waals surface area contributed by atoms with Crippen LogP contribution in [-0.4, -0.2) is 25.2 Å². The maximum atomic E-state index is 12.5. The van der Waals surface area contributed by atoms with Gasteiger partial charge >= 0.3 is 0 Å². The van der Waals surface area contributed by atoms with Crippen molar-refractivity contribution in [3.8, 4) is 0 Å². The van der Waals surface area contributed by atoms with E-state index in [1.807, 2.05) is 32.9 Å². The zero-order valence-electron chi connectivity index (χ0n) is 13.9. The van der Waals surface area contributed by atoms with Crippen molar-refractivity contribution in [3.63, 3.8) is 0 Å². The van der Waals surface area contributed by atoms with Crippen molar-refractivity contribution >= 4 is 22.6 Å². The molecule has 0 radical (unpaired) electrons. The van der Waals surface area contributed by atoms with Crippen LogP contribution in [0.2, 0.25) is 0 Å². The Morgan fingerprint density at radius 1 is 1.29 bits per heavy atom. The summed E-state index contributed by atoms with van der Waals surface area (Å²) in [6, 6.07) is 7.29. The molecule has 124 valence electrons. The van der Waals surface area contributed by atoms with Gasteiger partial charge in [-0.2, -0.15) is 5.10 Å². The maximum Gasteiger partial charge on any atom is 0.261 e. The van der Waals surface area contributed by atoms with E-state index in [1.165, 1.54) is 10.9 Å². The fourth-order valence-corrected chi connectivity index (χ4v) is 2.61. The molecule has 0 saturated heterocycles. The number of rotatable bonds is 4. The van der Waals surface area contributed by atoms with Crippen molar-refractivity contribution in [2.75, 3.05) is 5.32 Å². The summed E-state index contributed by atoms with van der Waals surface area (Å²) in [6.07, 6.45) is 3.04. The molecule has 0 aliphatic heterocycles. The first-order chi connectivity index (χ1) is 11.5. The average Bonchev–Trinajstić information content (AvgIpc) is 2.99. The number of fused-ring (bicyclic) bond motifs is 1. The molecule has 3 aromatic rings. The molecule has 2 aromatic heterocycles. The smallest absolute Gasteiger partial charge is 0.261 e.